The average molecular weight is 420 g/mol. The van der Waals surface area contributed by atoms with Crippen LogP contribution in [0.2, 0.25) is 0 Å². The van der Waals surface area contributed by atoms with Crippen LogP contribution in [0.25, 0.3) is 0 Å². The molecule has 0 fully saturated rings. The van der Waals surface area contributed by atoms with E-state index in [2.05, 4.69) is 48.2 Å². The van der Waals surface area contributed by atoms with Gasteiger partial charge in [0, 0.05) is 15.5 Å². The van der Waals surface area contributed by atoms with Crippen molar-refractivity contribution in [1.29, 1.82) is 0 Å². The Morgan fingerprint density at radius 1 is 1.25 bits per heavy atom. The Morgan fingerprint density at radius 2 is 2.00 bits per heavy atom. The van der Waals surface area contributed by atoms with Gasteiger partial charge in [-0.15, -0.1) is 11.3 Å². The lowest BCUT2D eigenvalue weighted by molar-refractivity contribution is 0.241. The van der Waals surface area contributed by atoms with Crippen molar-refractivity contribution < 1.29 is 4.74 Å². The van der Waals surface area contributed by atoms with Crippen LogP contribution < -0.4 is 10.1 Å². The van der Waals surface area contributed by atoms with E-state index in [4.69, 9.17) is 4.74 Å². The van der Waals surface area contributed by atoms with Crippen LogP contribution in [0.5, 0.6) is 5.75 Å². The van der Waals surface area contributed by atoms with Crippen LogP contribution in [-0.2, 0) is 0 Å². The smallest absolute Gasteiger partial charge is 0.138 e. The second-order valence-electron chi connectivity index (χ2n) is 4.61. The first-order chi connectivity index (χ1) is 9.51. The van der Waals surface area contributed by atoms with E-state index in [0.29, 0.717) is 0 Å². The molecule has 1 atom stereocenters. The number of halogens is 2. The molecule has 3 nitrogen and oxygen atoms in total. The Kier molecular flexibility index (Phi) is 5.60. The number of ether oxygens (including phenoxy) is 1. The number of pyridine rings is 1. The molecule has 0 spiro atoms. The Balaban J connectivity index is 2.31. The summed E-state index contributed by atoms with van der Waals surface area (Å²) in [7, 11) is 1.95. The largest absolute Gasteiger partial charge is 0.489 e. The zero-order valence-electron chi connectivity index (χ0n) is 11.5. The maximum atomic E-state index is 5.71. The fourth-order valence-electron chi connectivity index (χ4n) is 1.91. The van der Waals surface area contributed by atoms with Crippen LogP contribution in [0.15, 0.2) is 32.8 Å². The minimum absolute atomic E-state index is 0.103. The third-order valence-corrected chi connectivity index (χ3v) is 6.00. The molecule has 0 saturated carbocycles. The molecule has 0 aliphatic rings. The fraction of sp³-hybridized carbons (Fsp3) is 0.357. The van der Waals surface area contributed by atoms with Crippen LogP contribution in [0.4, 0.5) is 0 Å². The first-order valence-electron chi connectivity index (χ1n) is 6.25. The van der Waals surface area contributed by atoms with E-state index in [-0.39, 0.29) is 12.1 Å². The summed E-state index contributed by atoms with van der Waals surface area (Å²) in [4.78, 5) is 5.49. The van der Waals surface area contributed by atoms with Gasteiger partial charge >= 0.3 is 0 Å². The van der Waals surface area contributed by atoms with Crippen molar-refractivity contribution in [3.8, 4) is 5.75 Å². The average Bonchev–Trinajstić information content (AvgIpc) is 2.70. The zero-order chi connectivity index (χ0) is 14.7. The summed E-state index contributed by atoms with van der Waals surface area (Å²) in [6, 6.07) is 4.26. The summed E-state index contributed by atoms with van der Waals surface area (Å²) < 4.78 is 7.87. The third kappa shape index (κ3) is 3.81. The standard InChI is InChI=1S/C14H16Br2N2OS/c1-8(2)19-10-4-9(6-18-7-10)13(17-3)12-5-11(15)14(16)20-12/h4-8,13,17H,1-3H3. The van der Waals surface area contributed by atoms with Gasteiger partial charge in [0.15, 0.2) is 0 Å². The lowest BCUT2D eigenvalue weighted by Crippen LogP contribution is -2.17. The van der Waals surface area contributed by atoms with Crippen LogP contribution in [0.1, 0.15) is 30.3 Å². The van der Waals surface area contributed by atoms with Crippen LogP contribution in [0, 0.1) is 0 Å². The fourth-order valence-corrected chi connectivity index (χ4v) is 4.14. The number of thiophene rings is 1. The van der Waals surface area contributed by atoms with Gasteiger partial charge in [-0.25, -0.2) is 0 Å². The molecule has 0 saturated heterocycles. The monoisotopic (exact) mass is 418 g/mol. The first-order valence-corrected chi connectivity index (χ1v) is 8.65. The van der Waals surface area contributed by atoms with Crippen LogP contribution >= 0.6 is 43.2 Å². The second-order valence-corrected chi connectivity index (χ2v) is 7.87. The highest BCUT2D eigenvalue weighted by atomic mass is 79.9. The van der Waals surface area contributed by atoms with Crippen LogP contribution in [0.3, 0.4) is 0 Å². The molecule has 0 aromatic carbocycles. The minimum Gasteiger partial charge on any atom is -0.489 e. The van der Waals surface area contributed by atoms with Crippen molar-refractivity contribution in [3.05, 3.63) is 43.2 Å². The molecule has 2 aromatic heterocycles. The molecule has 0 aliphatic carbocycles. The quantitative estimate of drug-likeness (QED) is 0.758. The highest BCUT2D eigenvalue weighted by Crippen LogP contribution is 2.37. The van der Waals surface area contributed by atoms with Gasteiger partial charge in [0.1, 0.15) is 5.75 Å². The van der Waals surface area contributed by atoms with E-state index < -0.39 is 0 Å². The topological polar surface area (TPSA) is 34.2 Å². The highest BCUT2D eigenvalue weighted by Gasteiger charge is 2.17. The lowest BCUT2D eigenvalue weighted by Gasteiger charge is -2.16. The molecule has 0 bridgehead atoms. The summed E-state index contributed by atoms with van der Waals surface area (Å²) in [6.45, 7) is 4.02. The summed E-state index contributed by atoms with van der Waals surface area (Å²) in [5.74, 6) is 0.799. The molecule has 108 valence electrons. The molecule has 0 amide bonds. The number of nitrogens with zero attached hydrogens (tertiary/aromatic N) is 1. The summed E-state index contributed by atoms with van der Waals surface area (Å²) in [6.07, 6.45) is 3.76. The van der Waals surface area contributed by atoms with E-state index in [9.17, 15) is 0 Å². The Hall–Kier alpha value is -0.430. The van der Waals surface area contributed by atoms with Gasteiger partial charge < -0.3 is 10.1 Å². The molecule has 0 radical (unpaired) electrons. The van der Waals surface area contributed by atoms with E-state index in [1.54, 1.807) is 17.5 Å². The highest BCUT2D eigenvalue weighted by molar-refractivity contribution is 9.13. The van der Waals surface area contributed by atoms with E-state index in [1.165, 1.54) is 4.88 Å². The van der Waals surface area contributed by atoms with E-state index in [0.717, 1.165) is 19.6 Å². The predicted octanol–water partition coefficient (Wildman–Crippen LogP) is 4.76. The normalized spacial score (nSPS) is 12.7. The van der Waals surface area contributed by atoms with Gasteiger partial charge in [0.05, 0.1) is 22.1 Å². The molecule has 2 rings (SSSR count). The Labute approximate surface area is 140 Å². The SMILES string of the molecule is CNC(c1cncc(OC(C)C)c1)c1cc(Br)c(Br)s1. The van der Waals surface area contributed by atoms with E-state index >= 15 is 0 Å². The molecule has 2 aromatic rings. The van der Waals surface area contributed by atoms with Crippen molar-refractivity contribution in [3.63, 3.8) is 0 Å². The number of rotatable bonds is 5. The van der Waals surface area contributed by atoms with Gasteiger partial charge in [-0.3, -0.25) is 4.98 Å². The second kappa shape index (κ2) is 7.02. The summed E-state index contributed by atoms with van der Waals surface area (Å²) >= 11 is 8.77. The minimum atomic E-state index is 0.103. The van der Waals surface area contributed by atoms with Crippen LogP contribution in [-0.4, -0.2) is 18.1 Å². The molecule has 20 heavy (non-hydrogen) atoms. The number of hydrogen-bond acceptors (Lipinski definition) is 4. The van der Waals surface area contributed by atoms with Crippen molar-refractivity contribution >= 4 is 43.2 Å². The molecule has 6 heteroatoms. The Morgan fingerprint density at radius 3 is 2.55 bits per heavy atom. The number of hydrogen-bond donors (Lipinski definition) is 1. The predicted molar refractivity (Wildman–Crippen MR) is 90.6 cm³/mol. The van der Waals surface area contributed by atoms with Gasteiger partial charge in [0.2, 0.25) is 0 Å². The van der Waals surface area contributed by atoms with Gasteiger partial charge in [0.25, 0.3) is 0 Å². The Bertz CT molecular complexity index is 567. The maximum absolute atomic E-state index is 5.71. The summed E-state index contributed by atoms with van der Waals surface area (Å²) in [5, 5.41) is 3.33. The van der Waals surface area contributed by atoms with E-state index in [1.807, 2.05) is 33.2 Å². The molecular weight excluding hydrogens is 404 g/mol. The molecule has 2 heterocycles. The van der Waals surface area contributed by atoms with Crippen molar-refractivity contribution in [2.45, 2.75) is 26.0 Å². The van der Waals surface area contributed by atoms with Crippen molar-refractivity contribution in [2.75, 3.05) is 7.05 Å². The number of aromatic nitrogens is 1. The zero-order valence-corrected chi connectivity index (χ0v) is 15.5. The first kappa shape index (κ1) is 15.9. The van der Waals surface area contributed by atoms with Gasteiger partial charge in [-0.2, -0.15) is 0 Å². The van der Waals surface area contributed by atoms with Gasteiger partial charge in [-0.05, 0) is 70.5 Å². The third-order valence-electron chi connectivity index (χ3n) is 2.68. The summed E-state index contributed by atoms with van der Waals surface area (Å²) in [5.41, 5.74) is 1.09. The lowest BCUT2D eigenvalue weighted by atomic mass is 10.1. The van der Waals surface area contributed by atoms with Crippen molar-refractivity contribution in [2.24, 2.45) is 0 Å². The van der Waals surface area contributed by atoms with Gasteiger partial charge in [-0.1, -0.05) is 0 Å². The molecule has 1 N–H and O–H groups in total. The maximum Gasteiger partial charge on any atom is 0.138 e. The molecule has 1 unspecified atom stereocenters. The molecular formula is C14H16Br2N2OS. The number of nitrogens with one attached hydrogen (secondary N) is 1. The molecule has 0 aliphatic heterocycles. The van der Waals surface area contributed by atoms with Crippen molar-refractivity contribution in [1.82, 2.24) is 10.3 Å².